The fourth-order valence-corrected chi connectivity index (χ4v) is 3.00. The first kappa shape index (κ1) is 18.3. The van der Waals surface area contributed by atoms with Crippen molar-refractivity contribution in [3.8, 4) is 0 Å². The minimum absolute atomic E-state index is 0.146. The Bertz CT molecular complexity index is 727. The van der Waals surface area contributed by atoms with Gasteiger partial charge in [-0.3, -0.25) is 0 Å². The van der Waals surface area contributed by atoms with E-state index in [9.17, 15) is 9.59 Å². The van der Waals surface area contributed by atoms with Crippen LogP contribution in [0.15, 0.2) is 30.0 Å². The molecule has 3 rings (SSSR count). The molecule has 26 heavy (non-hydrogen) atoms. The number of carbonyl (C=O) groups is 2. The Morgan fingerprint density at radius 2 is 1.69 bits per heavy atom. The zero-order valence-corrected chi connectivity index (χ0v) is 15.7. The molecule has 0 aliphatic carbocycles. The molecule has 1 aromatic carbocycles. The standard InChI is InChI=1S/C19H25N3O4/c1-13-11-14(22-9-7-21(4)8-10-22)5-6-16(13)20-12-15-17(23)25-19(2,3)26-18(15)24/h5-6,11-12,20H,7-10H2,1-4H3. The summed E-state index contributed by atoms with van der Waals surface area (Å²) in [5.74, 6) is -2.61. The summed E-state index contributed by atoms with van der Waals surface area (Å²) < 4.78 is 10.2. The second-order valence-corrected chi connectivity index (χ2v) is 7.17. The number of benzene rings is 1. The number of nitrogens with one attached hydrogen (secondary N) is 1. The number of hydrogen-bond acceptors (Lipinski definition) is 7. The summed E-state index contributed by atoms with van der Waals surface area (Å²) in [6, 6.07) is 6.09. The number of rotatable bonds is 3. The summed E-state index contributed by atoms with van der Waals surface area (Å²) in [6.45, 7) is 9.13. The monoisotopic (exact) mass is 359 g/mol. The van der Waals surface area contributed by atoms with Gasteiger partial charge in [0.25, 0.3) is 5.79 Å². The van der Waals surface area contributed by atoms with Gasteiger partial charge in [0, 0.05) is 57.6 Å². The van der Waals surface area contributed by atoms with Crippen LogP contribution in [-0.2, 0) is 19.1 Å². The molecule has 140 valence electrons. The van der Waals surface area contributed by atoms with Crippen LogP contribution in [0.1, 0.15) is 19.4 Å². The summed E-state index contributed by atoms with van der Waals surface area (Å²) in [4.78, 5) is 28.6. The number of aryl methyl sites for hydroxylation is 1. The molecule has 0 saturated carbocycles. The van der Waals surface area contributed by atoms with E-state index >= 15 is 0 Å². The number of piperazine rings is 1. The number of ether oxygens (including phenoxy) is 2. The third kappa shape index (κ3) is 3.99. The van der Waals surface area contributed by atoms with Crippen LogP contribution in [0, 0.1) is 6.92 Å². The van der Waals surface area contributed by atoms with Gasteiger partial charge in [-0.2, -0.15) is 0 Å². The molecule has 1 aromatic rings. The van der Waals surface area contributed by atoms with Gasteiger partial charge in [0.05, 0.1) is 0 Å². The number of esters is 2. The quantitative estimate of drug-likeness (QED) is 0.502. The molecule has 0 bridgehead atoms. The van der Waals surface area contributed by atoms with Crippen molar-refractivity contribution in [2.75, 3.05) is 43.4 Å². The molecule has 0 radical (unpaired) electrons. The van der Waals surface area contributed by atoms with Gasteiger partial charge in [-0.1, -0.05) is 0 Å². The average Bonchev–Trinajstić information content (AvgIpc) is 2.55. The van der Waals surface area contributed by atoms with E-state index in [1.807, 2.05) is 19.1 Å². The van der Waals surface area contributed by atoms with Crippen molar-refractivity contribution >= 4 is 23.3 Å². The van der Waals surface area contributed by atoms with Crippen LogP contribution in [0.4, 0.5) is 11.4 Å². The van der Waals surface area contributed by atoms with Crippen molar-refractivity contribution in [2.45, 2.75) is 26.6 Å². The highest BCUT2D eigenvalue weighted by Gasteiger charge is 2.38. The van der Waals surface area contributed by atoms with Crippen LogP contribution in [0.25, 0.3) is 0 Å². The molecular formula is C19H25N3O4. The van der Waals surface area contributed by atoms with E-state index in [2.05, 4.69) is 28.2 Å². The summed E-state index contributed by atoms with van der Waals surface area (Å²) in [7, 11) is 2.13. The Morgan fingerprint density at radius 1 is 1.08 bits per heavy atom. The van der Waals surface area contributed by atoms with E-state index in [1.54, 1.807) is 0 Å². The van der Waals surface area contributed by atoms with E-state index in [0.29, 0.717) is 0 Å². The zero-order valence-electron chi connectivity index (χ0n) is 15.7. The van der Waals surface area contributed by atoms with Crippen LogP contribution >= 0.6 is 0 Å². The summed E-state index contributed by atoms with van der Waals surface area (Å²) >= 11 is 0. The number of likely N-dealkylation sites (N-methyl/N-ethyl adjacent to an activating group) is 1. The Kier molecular flexibility index (Phi) is 4.91. The van der Waals surface area contributed by atoms with Gasteiger partial charge in [0.1, 0.15) is 0 Å². The molecule has 1 N–H and O–H groups in total. The first-order chi connectivity index (χ1) is 12.2. The SMILES string of the molecule is Cc1cc(N2CCN(C)CC2)ccc1NC=C1C(=O)OC(C)(C)OC1=O. The number of cyclic esters (lactones) is 2. The van der Waals surface area contributed by atoms with Gasteiger partial charge in [0.15, 0.2) is 5.57 Å². The first-order valence-corrected chi connectivity index (χ1v) is 8.73. The van der Waals surface area contributed by atoms with Crippen molar-refractivity contribution in [1.82, 2.24) is 4.90 Å². The molecule has 7 nitrogen and oxygen atoms in total. The Hall–Kier alpha value is -2.54. The van der Waals surface area contributed by atoms with Gasteiger partial charge in [-0.25, -0.2) is 9.59 Å². The summed E-state index contributed by atoms with van der Waals surface area (Å²) in [5, 5.41) is 3.02. The third-order valence-electron chi connectivity index (χ3n) is 4.57. The fraction of sp³-hybridized carbons (Fsp3) is 0.474. The predicted molar refractivity (Wildman–Crippen MR) is 98.9 cm³/mol. The van der Waals surface area contributed by atoms with Crippen LogP contribution in [0.3, 0.4) is 0 Å². The van der Waals surface area contributed by atoms with Crippen molar-refractivity contribution in [1.29, 1.82) is 0 Å². The maximum atomic E-state index is 12.0. The lowest BCUT2D eigenvalue weighted by Gasteiger charge is -2.34. The minimum Gasteiger partial charge on any atom is -0.419 e. The first-order valence-electron chi connectivity index (χ1n) is 8.73. The third-order valence-corrected chi connectivity index (χ3v) is 4.57. The lowest BCUT2D eigenvalue weighted by molar-refractivity contribution is -0.222. The second-order valence-electron chi connectivity index (χ2n) is 7.17. The van der Waals surface area contributed by atoms with Crippen molar-refractivity contribution in [2.24, 2.45) is 0 Å². The highest BCUT2D eigenvalue weighted by molar-refractivity contribution is 6.15. The van der Waals surface area contributed by atoms with E-state index in [1.165, 1.54) is 25.7 Å². The molecule has 0 unspecified atom stereocenters. The van der Waals surface area contributed by atoms with Crippen LogP contribution in [0.2, 0.25) is 0 Å². The maximum absolute atomic E-state index is 12.0. The minimum atomic E-state index is -1.23. The lowest BCUT2D eigenvalue weighted by Crippen LogP contribution is -2.44. The molecule has 2 aliphatic rings. The molecule has 2 fully saturated rings. The van der Waals surface area contributed by atoms with Crippen LogP contribution in [-0.4, -0.2) is 55.9 Å². The smallest absolute Gasteiger partial charge is 0.350 e. The van der Waals surface area contributed by atoms with Crippen molar-refractivity contribution < 1.29 is 19.1 Å². The molecule has 0 aromatic heterocycles. The number of anilines is 2. The highest BCUT2D eigenvalue weighted by Crippen LogP contribution is 2.25. The Balaban J connectivity index is 1.71. The second kappa shape index (κ2) is 6.99. The molecule has 7 heteroatoms. The van der Waals surface area contributed by atoms with E-state index in [4.69, 9.17) is 9.47 Å². The molecule has 2 aliphatic heterocycles. The van der Waals surface area contributed by atoms with E-state index < -0.39 is 17.7 Å². The van der Waals surface area contributed by atoms with Gasteiger partial charge in [-0.15, -0.1) is 0 Å². The van der Waals surface area contributed by atoms with Crippen LogP contribution in [0.5, 0.6) is 0 Å². The predicted octanol–water partition coefficient (Wildman–Crippen LogP) is 1.88. The van der Waals surface area contributed by atoms with Crippen molar-refractivity contribution in [3.05, 3.63) is 35.5 Å². The lowest BCUT2D eigenvalue weighted by atomic mass is 10.1. The van der Waals surface area contributed by atoms with Crippen molar-refractivity contribution in [3.63, 3.8) is 0 Å². The highest BCUT2D eigenvalue weighted by atomic mass is 16.7. The fourth-order valence-electron chi connectivity index (χ4n) is 3.00. The maximum Gasteiger partial charge on any atom is 0.350 e. The van der Waals surface area contributed by atoms with Gasteiger partial charge in [-0.05, 0) is 37.7 Å². The van der Waals surface area contributed by atoms with Gasteiger partial charge in [0.2, 0.25) is 0 Å². The Morgan fingerprint density at radius 3 is 2.27 bits per heavy atom. The number of nitrogens with zero attached hydrogens (tertiary/aromatic N) is 2. The summed E-state index contributed by atoms with van der Waals surface area (Å²) in [6.07, 6.45) is 1.35. The molecule has 0 spiro atoms. The van der Waals surface area contributed by atoms with Gasteiger partial charge >= 0.3 is 11.9 Å². The Labute approximate surface area is 153 Å². The molecule has 2 saturated heterocycles. The van der Waals surface area contributed by atoms with E-state index in [-0.39, 0.29) is 5.57 Å². The molecular weight excluding hydrogens is 334 g/mol. The summed E-state index contributed by atoms with van der Waals surface area (Å²) in [5.41, 5.74) is 2.87. The number of carbonyl (C=O) groups excluding carboxylic acids is 2. The van der Waals surface area contributed by atoms with Gasteiger partial charge < -0.3 is 24.6 Å². The van der Waals surface area contributed by atoms with Crippen LogP contribution < -0.4 is 10.2 Å². The van der Waals surface area contributed by atoms with E-state index in [0.717, 1.165) is 37.4 Å². The zero-order chi connectivity index (χ0) is 18.9. The topological polar surface area (TPSA) is 71.1 Å². The molecule has 0 amide bonds. The molecule has 2 heterocycles. The molecule has 0 atom stereocenters. The largest absolute Gasteiger partial charge is 0.419 e. The number of hydrogen-bond donors (Lipinski definition) is 1. The normalized spacial score (nSPS) is 20.5. The average molecular weight is 359 g/mol.